The van der Waals surface area contributed by atoms with E-state index in [9.17, 15) is 13.2 Å². The van der Waals surface area contributed by atoms with E-state index in [4.69, 9.17) is 9.84 Å². The van der Waals surface area contributed by atoms with Gasteiger partial charge in [0.05, 0.1) is 18.8 Å². The molecule has 0 spiro atoms. The summed E-state index contributed by atoms with van der Waals surface area (Å²) in [5.41, 5.74) is 0.451. The van der Waals surface area contributed by atoms with Gasteiger partial charge in [-0.2, -0.15) is 13.2 Å². The summed E-state index contributed by atoms with van der Waals surface area (Å²) in [7, 11) is 0. The number of aliphatic hydroxyl groups excluding tert-OH is 1. The first kappa shape index (κ1) is 17.5. The van der Waals surface area contributed by atoms with Crippen molar-refractivity contribution in [2.75, 3.05) is 19.8 Å². The topological polar surface area (TPSA) is 29.5 Å². The molecular formula is C18H19F3O2. The largest absolute Gasteiger partial charge is 0.416 e. The number of alkyl halides is 3. The maximum absolute atomic E-state index is 13.3. The number of hydrogen-bond donors (Lipinski definition) is 1. The molecule has 0 aromatic heterocycles. The van der Waals surface area contributed by atoms with Crippen molar-refractivity contribution in [2.45, 2.75) is 18.5 Å². The van der Waals surface area contributed by atoms with Crippen LogP contribution in [0, 0.1) is 0 Å². The van der Waals surface area contributed by atoms with Crippen LogP contribution in [0.1, 0.15) is 29.0 Å². The average Bonchev–Trinajstić information content (AvgIpc) is 2.55. The van der Waals surface area contributed by atoms with Gasteiger partial charge in [-0.1, -0.05) is 48.5 Å². The van der Waals surface area contributed by atoms with E-state index in [1.54, 1.807) is 6.07 Å². The number of benzene rings is 2. The lowest BCUT2D eigenvalue weighted by Crippen LogP contribution is -2.14. The quantitative estimate of drug-likeness (QED) is 0.772. The molecule has 0 radical (unpaired) electrons. The van der Waals surface area contributed by atoms with E-state index in [0.717, 1.165) is 11.6 Å². The van der Waals surface area contributed by atoms with Gasteiger partial charge in [0.25, 0.3) is 0 Å². The van der Waals surface area contributed by atoms with Gasteiger partial charge in [-0.3, -0.25) is 0 Å². The molecule has 0 amide bonds. The van der Waals surface area contributed by atoms with Gasteiger partial charge in [0.1, 0.15) is 0 Å². The Morgan fingerprint density at radius 3 is 2.22 bits per heavy atom. The highest BCUT2D eigenvalue weighted by Crippen LogP contribution is 2.38. The maximum Gasteiger partial charge on any atom is 0.416 e. The molecule has 1 N–H and O–H groups in total. The van der Waals surface area contributed by atoms with Crippen molar-refractivity contribution in [1.82, 2.24) is 0 Å². The SMILES string of the molecule is OCCOCCC(c1ccccc1)c1ccccc1C(F)(F)F. The Morgan fingerprint density at radius 2 is 1.57 bits per heavy atom. The third kappa shape index (κ3) is 4.81. The molecule has 5 heteroatoms. The van der Waals surface area contributed by atoms with Crippen LogP contribution < -0.4 is 0 Å². The van der Waals surface area contributed by atoms with Gasteiger partial charge in [-0.15, -0.1) is 0 Å². The smallest absolute Gasteiger partial charge is 0.394 e. The zero-order valence-electron chi connectivity index (χ0n) is 12.6. The zero-order chi connectivity index (χ0) is 16.7. The molecule has 2 rings (SSSR count). The highest BCUT2D eigenvalue weighted by molar-refractivity contribution is 5.39. The van der Waals surface area contributed by atoms with Crippen molar-refractivity contribution in [3.8, 4) is 0 Å². The first-order valence-corrected chi connectivity index (χ1v) is 7.43. The third-order valence-electron chi connectivity index (χ3n) is 3.63. The maximum atomic E-state index is 13.3. The normalized spacial score (nSPS) is 13.0. The first-order valence-electron chi connectivity index (χ1n) is 7.43. The summed E-state index contributed by atoms with van der Waals surface area (Å²) in [6.45, 7) is 0.365. The summed E-state index contributed by atoms with van der Waals surface area (Å²) >= 11 is 0. The minimum atomic E-state index is -4.39. The molecule has 0 aliphatic rings. The van der Waals surface area contributed by atoms with Crippen molar-refractivity contribution in [3.63, 3.8) is 0 Å². The van der Waals surface area contributed by atoms with Gasteiger partial charge in [0.15, 0.2) is 0 Å². The fraction of sp³-hybridized carbons (Fsp3) is 0.333. The summed E-state index contributed by atoms with van der Waals surface area (Å²) in [5.74, 6) is -0.410. The lowest BCUT2D eigenvalue weighted by Gasteiger charge is -2.22. The highest BCUT2D eigenvalue weighted by Gasteiger charge is 2.35. The van der Waals surface area contributed by atoms with Crippen molar-refractivity contribution < 1.29 is 23.0 Å². The second-order valence-electron chi connectivity index (χ2n) is 5.17. The molecule has 1 unspecified atom stereocenters. The predicted molar refractivity (Wildman–Crippen MR) is 82.3 cm³/mol. The predicted octanol–water partition coefficient (Wildman–Crippen LogP) is 4.24. The molecule has 124 valence electrons. The monoisotopic (exact) mass is 324 g/mol. The Labute approximate surface area is 133 Å². The third-order valence-corrected chi connectivity index (χ3v) is 3.63. The van der Waals surface area contributed by atoms with Crippen molar-refractivity contribution in [3.05, 3.63) is 71.3 Å². The van der Waals surface area contributed by atoms with Gasteiger partial charge in [0.2, 0.25) is 0 Å². The van der Waals surface area contributed by atoms with Crippen LogP contribution in [0.2, 0.25) is 0 Å². The van der Waals surface area contributed by atoms with E-state index in [-0.39, 0.29) is 25.4 Å². The Balaban J connectivity index is 2.34. The zero-order valence-corrected chi connectivity index (χ0v) is 12.6. The van der Waals surface area contributed by atoms with Crippen molar-refractivity contribution in [2.24, 2.45) is 0 Å². The Kier molecular flexibility index (Phi) is 6.19. The summed E-state index contributed by atoms with van der Waals surface area (Å²) in [6, 6.07) is 14.8. The molecular weight excluding hydrogens is 305 g/mol. The number of rotatable bonds is 7. The molecule has 0 aliphatic carbocycles. The van der Waals surface area contributed by atoms with Crippen LogP contribution in [0.3, 0.4) is 0 Å². The molecule has 2 nitrogen and oxygen atoms in total. The summed E-state index contributed by atoms with van der Waals surface area (Å²) in [5, 5.41) is 8.74. The molecule has 0 bridgehead atoms. The number of hydrogen-bond acceptors (Lipinski definition) is 2. The number of halogens is 3. The fourth-order valence-corrected chi connectivity index (χ4v) is 2.61. The lowest BCUT2D eigenvalue weighted by molar-refractivity contribution is -0.138. The molecule has 23 heavy (non-hydrogen) atoms. The molecule has 0 fully saturated rings. The Bertz CT molecular complexity index is 597. The minimum Gasteiger partial charge on any atom is -0.394 e. The molecule has 2 aromatic rings. The van der Waals surface area contributed by atoms with E-state index in [2.05, 4.69) is 0 Å². The van der Waals surface area contributed by atoms with Crippen LogP contribution >= 0.6 is 0 Å². The van der Waals surface area contributed by atoms with Crippen LogP contribution in [0.4, 0.5) is 13.2 Å². The van der Waals surface area contributed by atoms with Crippen molar-refractivity contribution >= 4 is 0 Å². The fourth-order valence-electron chi connectivity index (χ4n) is 2.61. The molecule has 0 saturated carbocycles. The van der Waals surface area contributed by atoms with Gasteiger partial charge >= 0.3 is 6.18 Å². The summed E-state index contributed by atoms with van der Waals surface area (Å²) < 4.78 is 45.2. The minimum absolute atomic E-state index is 0.102. The highest BCUT2D eigenvalue weighted by atomic mass is 19.4. The van der Waals surface area contributed by atoms with Gasteiger partial charge in [-0.05, 0) is 23.6 Å². The average molecular weight is 324 g/mol. The standard InChI is InChI=1S/C18H19F3O2/c19-18(20,21)17-9-5-4-8-16(17)15(10-12-23-13-11-22)14-6-2-1-3-7-14/h1-9,15,22H,10-13H2. The van der Waals surface area contributed by atoms with E-state index < -0.39 is 17.7 Å². The van der Waals surface area contributed by atoms with Crippen LogP contribution in [-0.2, 0) is 10.9 Å². The summed E-state index contributed by atoms with van der Waals surface area (Å²) in [4.78, 5) is 0. The molecule has 0 saturated heterocycles. The van der Waals surface area contributed by atoms with Crippen LogP contribution in [0.15, 0.2) is 54.6 Å². The van der Waals surface area contributed by atoms with Crippen LogP contribution in [0.25, 0.3) is 0 Å². The lowest BCUT2D eigenvalue weighted by atomic mass is 9.86. The van der Waals surface area contributed by atoms with E-state index in [1.807, 2.05) is 30.3 Å². The second-order valence-corrected chi connectivity index (χ2v) is 5.17. The molecule has 0 aliphatic heterocycles. The van der Waals surface area contributed by atoms with Gasteiger partial charge in [0, 0.05) is 12.5 Å². The first-order chi connectivity index (χ1) is 11.0. The Morgan fingerprint density at radius 1 is 0.913 bits per heavy atom. The summed E-state index contributed by atoms with van der Waals surface area (Å²) in [6.07, 6.45) is -3.98. The van der Waals surface area contributed by atoms with Crippen LogP contribution in [0.5, 0.6) is 0 Å². The van der Waals surface area contributed by atoms with E-state index in [0.29, 0.717) is 6.42 Å². The molecule has 2 aromatic carbocycles. The van der Waals surface area contributed by atoms with Gasteiger partial charge in [-0.25, -0.2) is 0 Å². The Hall–Kier alpha value is -1.85. The second kappa shape index (κ2) is 8.13. The van der Waals surface area contributed by atoms with Gasteiger partial charge < -0.3 is 9.84 Å². The molecule has 1 atom stereocenters. The molecule has 0 heterocycles. The number of aliphatic hydroxyl groups is 1. The van der Waals surface area contributed by atoms with Crippen molar-refractivity contribution in [1.29, 1.82) is 0 Å². The number of ether oxygens (including phenoxy) is 1. The van der Waals surface area contributed by atoms with E-state index >= 15 is 0 Å². The van der Waals surface area contributed by atoms with E-state index in [1.165, 1.54) is 12.1 Å². The van der Waals surface area contributed by atoms with Crippen LogP contribution in [-0.4, -0.2) is 24.9 Å².